The third kappa shape index (κ3) is 2.65. The zero-order valence-electron chi connectivity index (χ0n) is 9.60. The number of hydrogen-bond donors (Lipinski definition) is 0. The molecule has 1 saturated heterocycles. The van der Waals surface area contributed by atoms with E-state index in [1.54, 1.807) is 0 Å². The molecule has 82 valence electrons. The summed E-state index contributed by atoms with van der Waals surface area (Å²) in [5.74, 6) is 1.13. The van der Waals surface area contributed by atoms with Gasteiger partial charge in [0.05, 0.1) is 0 Å². The molecule has 0 radical (unpaired) electrons. The van der Waals surface area contributed by atoms with Crippen LogP contribution in [-0.4, -0.2) is 28.6 Å². The Morgan fingerprint density at radius 2 is 1.93 bits per heavy atom. The molecule has 1 fully saturated rings. The Morgan fingerprint density at radius 1 is 1.27 bits per heavy atom. The third-order valence-corrected chi connectivity index (χ3v) is 3.84. The standard InChI is InChI=1S/C12H18N2S/c1-9-5-4-6-12(13-9)14-7-10(2)15-11(3)8-14/h4-6,10-11H,7-8H2,1-3H3. The van der Waals surface area contributed by atoms with Crippen LogP contribution in [0.4, 0.5) is 5.82 Å². The Balaban J connectivity index is 2.16. The molecule has 1 aromatic rings. The fraction of sp³-hybridized carbons (Fsp3) is 0.583. The summed E-state index contributed by atoms with van der Waals surface area (Å²) in [5, 5.41) is 1.41. The molecule has 0 aliphatic carbocycles. The van der Waals surface area contributed by atoms with Crippen LogP contribution in [0.25, 0.3) is 0 Å². The quantitative estimate of drug-likeness (QED) is 0.727. The van der Waals surface area contributed by atoms with Crippen LogP contribution >= 0.6 is 11.8 Å². The number of nitrogens with zero attached hydrogens (tertiary/aromatic N) is 2. The predicted octanol–water partition coefficient (Wildman–Crippen LogP) is 2.72. The van der Waals surface area contributed by atoms with Gasteiger partial charge in [0, 0.05) is 29.3 Å². The first kappa shape index (κ1) is 10.8. The second kappa shape index (κ2) is 4.44. The van der Waals surface area contributed by atoms with Crippen LogP contribution in [0.1, 0.15) is 19.5 Å². The van der Waals surface area contributed by atoms with Crippen LogP contribution in [0.5, 0.6) is 0 Å². The SMILES string of the molecule is Cc1cccc(N2CC(C)SC(C)C2)n1. The number of anilines is 1. The van der Waals surface area contributed by atoms with Gasteiger partial charge in [-0.2, -0.15) is 11.8 Å². The lowest BCUT2D eigenvalue weighted by atomic mass is 10.3. The molecule has 0 spiro atoms. The Morgan fingerprint density at radius 3 is 2.53 bits per heavy atom. The van der Waals surface area contributed by atoms with Gasteiger partial charge in [0.15, 0.2) is 0 Å². The molecule has 1 aromatic heterocycles. The Labute approximate surface area is 96.1 Å². The van der Waals surface area contributed by atoms with Crippen LogP contribution in [0.3, 0.4) is 0 Å². The van der Waals surface area contributed by atoms with E-state index in [-0.39, 0.29) is 0 Å². The zero-order chi connectivity index (χ0) is 10.8. The molecule has 3 heteroatoms. The van der Waals surface area contributed by atoms with Gasteiger partial charge in [-0.15, -0.1) is 0 Å². The number of aromatic nitrogens is 1. The number of rotatable bonds is 1. The van der Waals surface area contributed by atoms with E-state index in [4.69, 9.17) is 0 Å². The summed E-state index contributed by atoms with van der Waals surface area (Å²) in [4.78, 5) is 6.98. The van der Waals surface area contributed by atoms with Gasteiger partial charge in [-0.1, -0.05) is 19.9 Å². The fourth-order valence-corrected chi connectivity index (χ4v) is 3.39. The van der Waals surface area contributed by atoms with E-state index in [1.807, 2.05) is 0 Å². The van der Waals surface area contributed by atoms with Crippen molar-refractivity contribution in [2.75, 3.05) is 18.0 Å². The molecule has 1 aliphatic heterocycles. The van der Waals surface area contributed by atoms with Crippen molar-refractivity contribution in [2.45, 2.75) is 31.3 Å². The van der Waals surface area contributed by atoms with Crippen molar-refractivity contribution in [1.82, 2.24) is 4.98 Å². The minimum absolute atomic E-state index is 0.705. The summed E-state index contributed by atoms with van der Waals surface area (Å²) < 4.78 is 0. The summed E-state index contributed by atoms with van der Waals surface area (Å²) in [7, 11) is 0. The summed E-state index contributed by atoms with van der Waals surface area (Å²) in [6.07, 6.45) is 0. The van der Waals surface area contributed by atoms with Crippen LogP contribution in [0.2, 0.25) is 0 Å². The molecule has 1 aliphatic rings. The lowest BCUT2D eigenvalue weighted by molar-refractivity contribution is 0.717. The largest absolute Gasteiger partial charge is 0.354 e. The molecule has 2 atom stereocenters. The monoisotopic (exact) mass is 222 g/mol. The first-order valence-electron chi connectivity index (χ1n) is 5.49. The number of aryl methyl sites for hydroxylation is 1. The van der Waals surface area contributed by atoms with E-state index < -0.39 is 0 Å². The Bertz CT molecular complexity index is 330. The summed E-state index contributed by atoms with van der Waals surface area (Å²) >= 11 is 2.07. The molecule has 2 rings (SSSR count). The van der Waals surface area contributed by atoms with Gasteiger partial charge >= 0.3 is 0 Å². The fourth-order valence-electron chi connectivity index (χ4n) is 2.07. The zero-order valence-corrected chi connectivity index (χ0v) is 10.4. The molecule has 0 amide bonds. The van der Waals surface area contributed by atoms with Crippen molar-refractivity contribution < 1.29 is 0 Å². The maximum atomic E-state index is 4.58. The second-order valence-electron chi connectivity index (χ2n) is 4.30. The van der Waals surface area contributed by atoms with E-state index in [0.29, 0.717) is 10.5 Å². The normalized spacial score (nSPS) is 26.7. The molecule has 0 N–H and O–H groups in total. The minimum atomic E-state index is 0.705. The van der Waals surface area contributed by atoms with E-state index in [2.05, 4.69) is 60.6 Å². The predicted molar refractivity (Wildman–Crippen MR) is 67.7 cm³/mol. The van der Waals surface area contributed by atoms with Crippen molar-refractivity contribution in [3.63, 3.8) is 0 Å². The topological polar surface area (TPSA) is 16.1 Å². The lowest BCUT2D eigenvalue weighted by Gasteiger charge is -2.35. The molecule has 2 heterocycles. The highest BCUT2D eigenvalue weighted by molar-refractivity contribution is 8.00. The maximum absolute atomic E-state index is 4.58. The van der Waals surface area contributed by atoms with Gasteiger partial charge in [0.25, 0.3) is 0 Å². The van der Waals surface area contributed by atoms with Crippen molar-refractivity contribution in [3.05, 3.63) is 23.9 Å². The van der Waals surface area contributed by atoms with Crippen molar-refractivity contribution >= 4 is 17.6 Å². The average molecular weight is 222 g/mol. The molecular formula is C12H18N2S. The Hall–Kier alpha value is -0.700. The molecule has 2 nitrogen and oxygen atoms in total. The van der Waals surface area contributed by atoms with E-state index in [1.165, 1.54) is 0 Å². The van der Waals surface area contributed by atoms with Gasteiger partial charge in [-0.3, -0.25) is 0 Å². The van der Waals surface area contributed by atoms with Gasteiger partial charge < -0.3 is 4.90 Å². The van der Waals surface area contributed by atoms with Crippen LogP contribution < -0.4 is 4.90 Å². The summed E-state index contributed by atoms with van der Waals surface area (Å²) in [5.41, 5.74) is 1.10. The number of thioether (sulfide) groups is 1. The number of hydrogen-bond acceptors (Lipinski definition) is 3. The molecule has 2 unspecified atom stereocenters. The van der Waals surface area contributed by atoms with Crippen molar-refractivity contribution in [1.29, 1.82) is 0 Å². The molecule has 0 saturated carbocycles. The van der Waals surface area contributed by atoms with E-state index in [0.717, 1.165) is 24.6 Å². The molecular weight excluding hydrogens is 204 g/mol. The maximum Gasteiger partial charge on any atom is 0.128 e. The van der Waals surface area contributed by atoms with Crippen molar-refractivity contribution in [2.24, 2.45) is 0 Å². The van der Waals surface area contributed by atoms with E-state index >= 15 is 0 Å². The van der Waals surface area contributed by atoms with Gasteiger partial charge in [0.2, 0.25) is 0 Å². The van der Waals surface area contributed by atoms with Gasteiger partial charge in [-0.25, -0.2) is 4.98 Å². The number of pyridine rings is 1. The minimum Gasteiger partial charge on any atom is -0.354 e. The van der Waals surface area contributed by atoms with Crippen LogP contribution in [0.15, 0.2) is 18.2 Å². The smallest absolute Gasteiger partial charge is 0.128 e. The summed E-state index contributed by atoms with van der Waals surface area (Å²) in [6, 6.07) is 6.26. The molecule has 0 bridgehead atoms. The molecule has 15 heavy (non-hydrogen) atoms. The molecule has 0 aromatic carbocycles. The first-order chi connectivity index (χ1) is 7.15. The average Bonchev–Trinajstić information content (AvgIpc) is 2.16. The lowest BCUT2D eigenvalue weighted by Crippen LogP contribution is -2.40. The van der Waals surface area contributed by atoms with Gasteiger partial charge in [-0.05, 0) is 19.1 Å². The second-order valence-corrected chi connectivity index (χ2v) is 6.18. The first-order valence-corrected chi connectivity index (χ1v) is 6.43. The highest BCUT2D eigenvalue weighted by atomic mass is 32.2. The van der Waals surface area contributed by atoms with Gasteiger partial charge in [0.1, 0.15) is 5.82 Å². The van der Waals surface area contributed by atoms with Crippen LogP contribution in [-0.2, 0) is 0 Å². The van der Waals surface area contributed by atoms with E-state index in [9.17, 15) is 0 Å². The van der Waals surface area contributed by atoms with Crippen molar-refractivity contribution in [3.8, 4) is 0 Å². The highest BCUT2D eigenvalue weighted by Gasteiger charge is 2.22. The summed E-state index contributed by atoms with van der Waals surface area (Å²) in [6.45, 7) is 8.87. The Kier molecular flexibility index (Phi) is 3.19. The highest BCUT2D eigenvalue weighted by Crippen LogP contribution is 2.27. The third-order valence-electron chi connectivity index (χ3n) is 2.62. The van der Waals surface area contributed by atoms with Crippen LogP contribution in [0, 0.1) is 6.92 Å².